The molecule has 0 unspecified atom stereocenters. The molecule has 2 heterocycles. The Labute approximate surface area is 189 Å². The topological polar surface area (TPSA) is 88.9 Å². The zero-order chi connectivity index (χ0) is 23.6. The van der Waals surface area contributed by atoms with Gasteiger partial charge in [-0.3, -0.25) is 4.79 Å². The first-order chi connectivity index (χ1) is 15.1. The number of carbonyl (C=O) groups is 2. The van der Waals surface area contributed by atoms with Crippen LogP contribution in [-0.4, -0.2) is 62.8 Å². The number of aryl methyl sites for hydroxylation is 1. The maximum atomic E-state index is 13.0. The quantitative estimate of drug-likeness (QED) is 0.444. The van der Waals surface area contributed by atoms with Crippen molar-refractivity contribution in [1.82, 2.24) is 8.87 Å². The molecule has 0 spiro atoms. The van der Waals surface area contributed by atoms with Gasteiger partial charge in [-0.15, -0.1) is 0 Å². The standard InChI is InChI=1S/C23H31N3O5S/c1-6-26-16(2)13-19(17(26)3)22(27)15-31-23(28)20-14-18(32(29,30)24(4)5)9-10-21(20)25-11-7-8-12-25/h9-10,13-14H,6-8,11-12,15H2,1-5H3. The first-order valence-electron chi connectivity index (χ1n) is 10.8. The van der Waals surface area contributed by atoms with E-state index >= 15 is 0 Å². The molecular weight excluding hydrogens is 430 g/mol. The van der Waals surface area contributed by atoms with Gasteiger partial charge in [0, 0.05) is 50.7 Å². The van der Waals surface area contributed by atoms with Gasteiger partial charge in [0.05, 0.1) is 16.1 Å². The van der Waals surface area contributed by atoms with E-state index in [0.29, 0.717) is 11.3 Å². The summed E-state index contributed by atoms with van der Waals surface area (Å²) < 4.78 is 33.7. The summed E-state index contributed by atoms with van der Waals surface area (Å²) in [6.45, 7) is 7.70. The molecule has 0 saturated carbocycles. The van der Waals surface area contributed by atoms with E-state index in [2.05, 4.69) is 0 Å². The SMILES string of the molecule is CCn1c(C)cc(C(=O)COC(=O)c2cc(S(=O)(=O)N(C)C)ccc2N2CCCC2)c1C. The number of ether oxygens (including phenoxy) is 1. The molecule has 0 amide bonds. The first kappa shape index (κ1) is 24.0. The van der Waals surface area contributed by atoms with Crippen LogP contribution >= 0.6 is 0 Å². The smallest absolute Gasteiger partial charge is 0.340 e. The summed E-state index contributed by atoms with van der Waals surface area (Å²) in [6.07, 6.45) is 2.00. The molecule has 1 aliphatic heterocycles. The highest BCUT2D eigenvalue weighted by Crippen LogP contribution is 2.29. The predicted molar refractivity (Wildman–Crippen MR) is 123 cm³/mol. The van der Waals surface area contributed by atoms with Crippen LogP contribution in [0.4, 0.5) is 5.69 Å². The van der Waals surface area contributed by atoms with Crippen molar-refractivity contribution >= 4 is 27.5 Å². The number of aromatic nitrogens is 1. The van der Waals surface area contributed by atoms with Crippen molar-refractivity contribution in [3.05, 3.63) is 46.8 Å². The lowest BCUT2D eigenvalue weighted by molar-refractivity contribution is 0.0475. The molecule has 3 rings (SSSR count). The number of ketones is 1. The highest BCUT2D eigenvalue weighted by Gasteiger charge is 2.26. The number of carbonyl (C=O) groups excluding carboxylic acids is 2. The number of rotatable bonds is 8. The lowest BCUT2D eigenvalue weighted by atomic mass is 10.1. The van der Waals surface area contributed by atoms with E-state index in [9.17, 15) is 18.0 Å². The van der Waals surface area contributed by atoms with Gasteiger partial charge in [-0.05, 0) is 57.9 Å². The van der Waals surface area contributed by atoms with E-state index in [0.717, 1.165) is 48.2 Å². The summed E-state index contributed by atoms with van der Waals surface area (Å²) in [5.74, 6) is -0.994. The third-order valence-electron chi connectivity index (χ3n) is 5.94. The summed E-state index contributed by atoms with van der Waals surface area (Å²) in [5.41, 5.74) is 3.12. The minimum Gasteiger partial charge on any atom is -0.454 e. The largest absolute Gasteiger partial charge is 0.454 e. The Hall–Kier alpha value is -2.65. The van der Waals surface area contributed by atoms with Crippen LogP contribution < -0.4 is 4.90 Å². The number of anilines is 1. The summed E-state index contributed by atoms with van der Waals surface area (Å²) >= 11 is 0. The Morgan fingerprint density at radius 3 is 2.28 bits per heavy atom. The highest BCUT2D eigenvalue weighted by atomic mass is 32.2. The van der Waals surface area contributed by atoms with Gasteiger partial charge < -0.3 is 14.2 Å². The van der Waals surface area contributed by atoms with Crippen LogP contribution in [0.15, 0.2) is 29.2 Å². The fraction of sp³-hybridized carbons (Fsp3) is 0.478. The predicted octanol–water partition coefficient (Wildman–Crippen LogP) is 3.02. The van der Waals surface area contributed by atoms with E-state index in [1.807, 2.05) is 30.2 Å². The number of hydrogen-bond donors (Lipinski definition) is 0. The fourth-order valence-electron chi connectivity index (χ4n) is 4.14. The molecule has 1 saturated heterocycles. The summed E-state index contributed by atoms with van der Waals surface area (Å²) in [4.78, 5) is 27.8. The number of benzene rings is 1. The molecular formula is C23H31N3O5S. The van der Waals surface area contributed by atoms with Gasteiger partial charge in [0.1, 0.15) is 0 Å². The molecule has 0 N–H and O–H groups in total. The van der Waals surface area contributed by atoms with Crippen molar-refractivity contribution in [2.24, 2.45) is 0 Å². The van der Waals surface area contributed by atoms with Crippen LogP contribution in [0.1, 0.15) is 51.9 Å². The van der Waals surface area contributed by atoms with Crippen LogP contribution in [0.3, 0.4) is 0 Å². The summed E-state index contributed by atoms with van der Waals surface area (Å²) in [7, 11) is -0.845. The number of esters is 1. The monoisotopic (exact) mass is 461 g/mol. The van der Waals surface area contributed by atoms with Crippen LogP contribution in [-0.2, 0) is 21.3 Å². The average molecular weight is 462 g/mol. The Balaban J connectivity index is 1.88. The Morgan fingerprint density at radius 2 is 1.72 bits per heavy atom. The molecule has 1 fully saturated rings. The zero-order valence-corrected chi connectivity index (χ0v) is 20.2. The Kier molecular flexibility index (Phi) is 7.09. The molecule has 9 heteroatoms. The van der Waals surface area contributed by atoms with E-state index in [1.165, 1.54) is 26.2 Å². The van der Waals surface area contributed by atoms with E-state index in [4.69, 9.17) is 4.74 Å². The van der Waals surface area contributed by atoms with Crippen molar-refractivity contribution in [3.8, 4) is 0 Å². The van der Waals surface area contributed by atoms with Crippen molar-refractivity contribution in [1.29, 1.82) is 0 Å². The van der Waals surface area contributed by atoms with Crippen LogP contribution in [0.2, 0.25) is 0 Å². The average Bonchev–Trinajstić information content (AvgIpc) is 3.39. The molecule has 1 aromatic carbocycles. The van der Waals surface area contributed by atoms with Gasteiger partial charge in [0.25, 0.3) is 0 Å². The van der Waals surface area contributed by atoms with Gasteiger partial charge >= 0.3 is 5.97 Å². The van der Waals surface area contributed by atoms with Gasteiger partial charge in [-0.25, -0.2) is 17.5 Å². The Bertz CT molecular complexity index is 1130. The maximum Gasteiger partial charge on any atom is 0.340 e. The van der Waals surface area contributed by atoms with Crippen molar-refractivity contribution in [2.75, 3.05) is 38.7 Å². The minimum absolute atomic E-state index is 0.00946. The number of nitrogens with zero attached hydrogens (tertiary/aromatic N) is 3. The van der Waals surface area contributed by atoms with E-state index in [-0.39, 0.29) is 16.2 Å². The van der Waals surface area contributed by atoms with E-state index in [1.54, 1.807) is 12.1 Å². The maximum absolute atomic E-state index is 13.0. The summed E-state index contributed by atoms with van der Waals surface area (Å²) in [5, 5.41) is 0. The number of sulfonamides is 1. The van der Waals surface area contributed by atoms with Gasteiger partial charge in [-0.1, -0.05) is 0 Å². The molecule has 2 aromatic rings. The molecule has 0 aliphatic carbocycles. The lowest BCUT2D eigenvalue weighted by Gasteiger charge is -2.22. The first-order valence-corrected chi connectivity index (χ1v) is 12.2. The van der Waals surface area contributed by atoms with Crippen LogP contribution in [0.25, 0.3) is 0 Å². The summed E-state index contributed by atoms with van der Waals surface area (Å²) in [6, 6.07) is 6.30. The van der Waals surface area contributed by atoms with Crippen LogP contribution in [0.5, 0.6) is 0 Å². The molecule has 1 aromatic heterocycles. The lowest BCUT2D eigenvalue weighted by Crippen LogP contribution is -2.25. The van der Waals surface area contributed by atoms with Crippen molar-refractivity contribution in [2.45, 2.75) is 45.1 Å². The third-order valence-corrected chi connectivity index (χ3v) is 7.75. The molecule has 174 valence electrons. The second-order valence-corrected chi connectivity index (χ2v) is 10.3. The van der Waals surface area contributed by atoms with Gasteiger partial charge in [-0.2, -0.15) is 0 Å². The Morgan fingerprint density at radius 1 is 1.06 bits per heavy atom. The van der Waals surface area contributed by atoms with Gasteiger partial charge in [0.15, 0.2) is 6.61 Å². The van der Waals surface area contributed by atoms with Crippen molar-refractivity contribution in [3.63, 3.8) is 0 Å². The molecule has 32 heavy (non-hydrogen) atoms. The molecule has 0 atom stereocenters. The second-order valence-electron chi connectivity index (χ2n) is 8.19. The second kappa shape index (κ2) is 9.46. The normalized spacial score (nSPS) is 14.2. The fourth-order valence-corrected chi connectivity index (χ4v) is 5.07. The third kappa shape index (κ3) is 4.59. The minimum atomic E-state index is -3.72. The van der Waals surface area contributed by atoms with E-state index < -0.39 is 22.6 Å². The molecule has 0 bridgehead atoms. The number of hydrogen-bond acceptors (Lipinski definition) is 6. The number of Topliss-reactive ketones (excluding diaryl/α,β-unsaturated/α-hetero) is 1. The van der Waals surface area contributed by atoms with Crippen molar-refractivity contribution < 1.29 is 22.7 Å². The van der Waals surface area contributed by atoms with Crippen LogP contribution in [0, 0.1) is 13.8 Å². The highest BCUT2D eigenvalue weighted by molar-refractivity contribution is 7.89. The molecule has 0 radical (unpaired) electrons. The zero-order valence-electron chi connectivity index (χ0n) is 19.3. The molecule has 8 nitrogen and oxygen atoms in total. The molecule has 1 aliphatic rings. The van der Waals surface area contributed by atoms with Gasteiger partial charge in [0.2, 0.25) is 15.8 Å².